The number of urea groups is 1. The molecule has 2 amide bonds. The van der Waals surface area contributed by atoms with E-state index in [0.717, 1.165) is 25.0 Å². The van der Waals surface area contributed by atoms with E-state index in [-0.39, 0.29) is 18.6 Å². The molecule has 0 aliphatic heterocycles. The second-order valence-electron chi connectivity index (χ2n) is 5.67. The molecule has 6 heteroatoms. The van der Waals surface area contributed by atoms with Crippen molar-refractivity contribution in [3.8, 4) is 0 Å². The molecule has 1 aliphatic carbocycles. The summed E-state index contributed by atoms with van der Waals surface area (Å²) in [6.07, 6.45) is 4.72. The molecule has 0 saturated heterocycles. The summed E-state index contributed by atoms with van der Waals surface area (Å²) in [6, 6.07) is 3.42. The number of carbonyl (C=O) groups excluding carboxylic acids is 1. The maximum Gasteiger partial charge on any atom is 0.315 e. The number of thioether (sulfide) groups is 1. The average molecular weight is 312 g/mol. The summed E-state index contributed by atoms with van der Waals surface area (Å²) in [5.74, 6) is 1.57. The Labute approximate surface area is 129 Å². The van der Waals surface area contributed by atoms with E-state index in [2.05, 4.69) is 17.6 Å². The monoisotopic (exact) mass is 312 g/mol. The first-order chi connectivity index (χ1) is 10.0. The van der Waals surface area contributed by atoms with E-state index in [0.29, 0.717) is 11.0 Å². The number of aliphatic hydroxyl groups is 1. The third-order valence-electron chi connectivity index (χ3n) is 3.77. The molecule has 21 heavy (non-hydrogen) atoms. The van der Waals surface area contributed by atoms with Crippen molar-refractivity contribution < 1.29 is 14.3 Å². The van der Waals surface area contributed by atoms with Gasteiger partial charge in [-0.3, -0.25) is 0 Å². The van der Waals surface area contributed by atoms with Crippen LogP contribution in [-0.2, 0) is 5.60 Å². The molecular formula is C15H24N2O3S. The predicted octanol–water partition coefficient (Wildman–Crippen LogP) is 2.46. The summed E-state index contributed by atoms with van der Waals surface area (Å²) in [7, 11) is 0. The lowest BCUT2D eigenvalue weighted by Crippen LogP contribution is -2.46. The maximum absolute atomic E-state index is 11.9. The van der Waals surface area contributed by atoms with Crippen molar-refractivity contribution in [3.05, 3.63) is 24.2 Å². The van der Waals surface area contributed by atoms with Crippen LogP contribution in [0.4, 0.5) is 4.79 Å². The lowest BCUT2D eigenvalue weighted by atomic mass is 10.0. The summed E-state index contributed by atoms with van der Waals surface area (Å²) in [5, 5.41) is 16.6. The SMILES string of the molecule is CCS[C@@H]1CC[C@@H](NC(=O)NC[C@](C)(O)c2ccco2)C1. The van der Waals surface area contributed by atoms with E-state index in [4.69, 9.17) is 4.42 Å². The van der Waals surface area contributed by atoms with Crippen molar-refractivity contribution in [2.45, 2.75) is 50.0 Å². The van der Waals surface area contributed by atoms with Gasteiger partial charge in [0, 0.05) is 11.3 Å². The zero-order chi connectivity index (χ0) is 15.3. The molecular weight excluding hydrogens is 288 g/mol. The Morgan fingerprint density at radius 2 is 2.38 bits per heavy atom. The molecule has 1 aromatic heterocycles. The predicted molar refractivity (Wildman–Crippen MR) is 84.4 cm³/mol. The van der Waals surface area contributed by atoms with Gasteiger partial charge in [-0.15, -0.1) is 0 Å². The Bertz CT molecular complexity index is 448. The van der Waals surface area contributed by atoms with Gasteiger partial charge in [-0.1, -0.05) is 6.92 Å². The van der Waals surface area contributed by atoms with Crippen LogP contribution in [0, 0.1) is 0 Å². The van der Waals surface area contributed by atoms with Crippen LogP contribution in [-0.4, -0.2) is 34.7 Å². The van der Waals surface area contributed by atoms with Crippen LogP contribution >= 0.6 is 11.8 Å². The fourth-order valence-corrected chi connectivity index (χ4v) is 3.76. The molecule has 0 bridgehead atoms. The Balaban J connectivity index is 1.73. The molecule has 5 nitrogen and oxygen atoms in total. The zero-order valence-corrected chi connectivity index (χ0v) is 13.4. The smallest absolute Gasteiger partial charge is 0.315 e. The minimum Gasteiger partial charge on any atom is -0.466 e. The highest BCUT2D eigenvalue weighted by Gasteiger charge is 2.29. The molecule has 1 aliphatic rings. The van der Waals surface area contributed by atoms with E-state index < -0.39 is 5.60 Å². The molecule has 2 rings (SSSR count). The number of hydrogen-bond donors (Lipinski definition) is 3. The van der Waals surface area contributed by atoms with Gasteiger partial charge in [-0.05, 0) is 44.1 Å². The van der Waals surface area contributed by atoms with Crippen molar-refractivity contribution >= 4 is 17.8 Å². The van der Waals surface area contributed by atoms with Crippen molar-refractivity contribution in [1.29, 1.82) is 0 Å². The molecule has 3 N–H and O–H groups in total. The lowest BCUT2D eigenvalue weighted by Gasteiger charge is -2.22. The first kappa shape index (κ1) is 16.2. The van der Waals surface area contributed by atoms with Gasteiger partial charge < -0.3 is 20.2 Å². The summed E-state index contributed by atoms with van der Waals surface area (Å²) < 4.78 is 5.18. The van der Waals surface area contributed by atoms with Gasteiger partial charge in [-0.25, -0.2) is 4.79 Å². The minimum atomic E-state index is -1.20. The number of amides is 2. The van der Waals surface area contributed by atoms with Crippen LogP contribution < -0.4 is 10.6 Å². The van der Waals surface area contributed by atoms with Gasteiger partial charge in [0.25, 0.3) is 0 Å². The number of rotatable bonds is 6. The van der Waals surface area contributed by atoms with Gasteiger partial charge in [0.15, 0.2) is 0 Å². The van der Waals surface area contributed by atoms with Gasteiger partial charge in [0.05, 0.1) is 12.8 Å². The van der Waals surface area contributed by atoms with Gasteiger partial charge in [-0.2, -0.15) is 11.8 Å². The number of carbonyl (C=O) groups is 1. The molecule has 1 aromatic rings. The quantitative estimate of drug-likeness (QED) is 0.754. The molecule has 0 radical (unpaired) electrons. The second-order valence-corrected chi connectivity index (χ2v) is 7.24. The lowest BCUT2D eigenvalue weighted by molar-refractivity contribution is 0.0366. The van der Waals surface area contributed by atoms with Gasteiger partial charge in [0.1, 0.15) is 11.4 Å². The van der Waals surface area contributed by atoms with Crippen LogP contribution in [0.15, 0.2) is 22.8 Å². The summed E-state index contributed by atoms with van der Waals surface area (Å²) in [4.78, 5) is 11.9. The molecule has 1 saturated carbocycles. The molecule has 0 aromatic carbocycles. The first-order valence-electron chi connectivity index (χ1n) is 7.43. The van der Waals surface area contributed by atoms with Crippen molar-refractivity contribution in [3.63, 3.8) is 0 Å². The van der Waals surface area contributed by atoms with E-state index in [9.17, 15) is 9.90 Å². The Morgan fingerprint density at radius 3 is 3.05 bits per heavy atom. The topological polar surface area (TPSA) is 74.5 Å². The van der Waals surface area contributed by atoms with E-state index in [1.54, 1.807) is 19.1 Å². The van der Waals surface area contributed by atoms with Crippen LogP contribution in [0.1, 0.15) is 38.9 Å². The van der Waals surface area contributed by atoms with E-state index in [1.165, 1.54) is 6.26 Å². The highest BCUT2D eigenvalue weighted by molar-refractivity contribution is 7.99. The first-order valence-corrected chi connectivity index (χ1v) is 8.48. The van der Waals surface area contributed by atoms with Crippen molar-refractivity contribution in [2.75, 3.05) is 12.3 Å². The molecule has 118 valence electrons. The molecule has 1 heterocycles. The van der Waals surface area contributed by atoms with Crippen LogP contribution in [0.25, 0.3) is 0 Å². The number of nitrogens with one attached hydrogen (secondary N) is 2. The highest BCUT2D eigenvalue weighted by Crippen LogP contribution is 2.29. The Kier molecular flexibility index (Phi) is 5.58. The molecule has 0 unspecified atom stereocenters. The molecule has 3 atom stereocenters. The normalized spacial score (nSPS) is 24.5. The summed E-state index contributed by atoms with van der Waals surface area (Å²) in [6.45, 7) is 3.90. The van der Waals surface area contributed by atoms with E-state index in [1.807, 2.05) is 11.8 Å². The Morgan fingerprint density at radius 1 is 1.57 bits per heavy atom. The third-order valence-corrected chi connectivity index (χ3v) is 5.00. The zero-order valence-electron chi connectivity index (χ0n) is 12.6. The highest BCUT2D eigenvalue weighted by atomic mass is 32.2. The Hall–Kier alpha value is -1.14. The fourth-order valence-electron chi connectivity index (χ4n) is 2.62. The largest absolute Gasteiger partial charge is 0.466 e. The second kappa shape index (κ2) is 7.22. The van der Waals surface area contributed by atoms with E-state index >= 15 is 0 Å². The maximum atomic E-state index is 11.9. The fraction of sp³-hybridized carbons (Fsp3) is 0.667. The number of furan rings is 1. The summed E-state index contributed by atoms with van der Waals surface area (Å²) >= 11 is 1.96. The third kappa shape index (κ3) is 4.68. The number of hydrogen-bond acceptors (Lipinski definition) is 4. The van der Waals surface area contributed by atoms with Crippen LogP contribution in [0.3, 0.4) is 0 Å². The van der Waals surface area contributed by atoms with Gasteiger partial charge in [0.2, 0.25) is 0 Å². The molecule has 1 fully saturated rings. The molecule has 0 spiro atoms. The van der Waals surface area contributed by atoms with Crippen molar-refractivity contribution in [1.82, 2.24) is 10.6 Å². The van der Waals surface area contributed by atoms with Crippen LogP contribution in [0.2, 0.25) is 0 Å². The average Bonchev–Trinajstić information content (AvgIpc) is 3.09. The van der Waals surface area contributed by atoms with Gasteiger partial charge >= 0.3 is 6.03 Å². The minimum absolute atomic E-state index is 0.117. The summed E-state index contributed by atoms with van der Waals surface area (Å²) in [5.41, 5.74) is -1.20. The standard InChI is InChI=1S/C15H24N2O3S/c1-3-21-12-7-6-11(9-12)17-14(18)16-10-15(2,19)13-5-4-8-20-13/h4-5,8,11-12,19H,3,6-7,9-10H2,1-2H3,(H2,16,17,18)/t11-,12-,15+/m1/s1. The van der Waals surface area contributed by atoms with Crippen LogP contribution in [0.5, 0.6) is 0 Å². The van der Waals surface area contributed by atoms with Crippen molar-refractivity contribution in [2.24, 2.45) is 0 Å².